The first-order valence-corrected chi connectivity index (χ1v) is 12.2. The molecule has 9 heteroatoms. The molecule has 0 bridgehead atoms. The Bertz CT molecular complexity index is 1560. The second-order valence-electron chi connectivity index (χ2n) is 8.48. The highest BCUT2D eigenvalue weighted by molar-refractivity contribution is 7.22. The lowest BCUT2D eigenvalue weighted by molar-refractivity contribution is -0.132. The molecule has 0 spiro atoms. The Morgan fingerprint density at radius 2 is 1.62 bits per heavy atom. The van der Waals surface area contributed by atoms with Gasteiger partial charge in [0.25, 0.3) is 5.78 Å². The normalized spacial score (nSPS) is 16.9. The smallest absolute Gasteiger partial charge is 0.301 e. The second kappa shape index (κ2) is 9.59. The molecule has 1 aliphatic rings. The number of hydrogen-bond acceptors (Lipinski definition) is 8. The number of carbonyl (C=O) groups excluding carboxylic acids is 2. The van der Waals surface area contributed by atoms with Crippen LogP contribution in [0.25, 0.3) is 16.0 Å². The van der Waals surface area contributed by atoms with Gasteiger partial charge in [-0.05, 0) is 54.4 Å². The van der Waals surface area contributed by atoms with Crippen molar-refractivity contribution in [3.8, 4) is 17.2 Å². The van der Waals surface area contributed by atoms with Crippen molar-refractivity contribution >= 4 is 44.1 Å². The van der Waals surface area contributed by atoms with Crippen LogP contribution in [0.5, 0.6) is 17.2 Å². The molecule has 1 N–H and O–H groups in total. The number of amides is 1. The number of aromatic nitrogens is 1. The highest BCUT2D eigenvalue weighted by atomic mass is 32.1. The minimum absolute atomic E-state index is 0.0610. The molecule has 1 saturated heterocycles. The minimum atomic E-state index is -0.917. The maximum absolute atomic E-state index is 13.5. The number of rotatable bonds is 6. The van der Waals surface area contributed by atoms with Crippen molar-refractivity contribution in [2.24, 2.45) is 0 Å². The molecular weight excluding hydrogens is 492 g/mol. The van der Waals surface area contributed by atoms with E-state index in [-0.39, 0.29) is 16.9 Å². The number of aliphatic hydroxyl groups excluding tert-OH is 1. The molecular formula is C28H24N2O6S. The Kier molecular flexibility index (Phi) is 6.31. The maximum atomic E-state index is 13.5. The summed E-state index contributed by atoms with van der Waals surface area (Å²) in [6, 6.07) is 16.7. The van der Waals surface area contributed by atoms with Crippen LogP contribution < -0.4 is 19.1 Å². The van der Waals surface area contributed by atoms with Crippen LogP contribution in [0, 0.1) is 6.92 Å². The largest absolute Gasteiger partial charge is 0.507 e. The monoisotopic (exact) mass is 516 g/mol. The topological polar surface area (TPSA) is 98.2 Å². The van der Waals surface area contributed by atoms with Crippen LogP contribution in [0.4, 0.5) is 5.13 Å². The Labute approximate surface area is 217 Å². The van der Waals surface area contributed by atoms with Crippen LogP contribution >= 0.6 is 11.3 Å². The van der Waals surface area contributed by atoms with E-state index in [0.29, 0.717) is 27.9 Å². The third-order valence-electron chi connectivity index (χ3n) is 6.28. The maximum Gasteiger partial charge on any atom is 0.301 e. The molecule has 2 heterocycles. The van der Waals surface area contributed by atoms with E-state index in [1.807, 2.05) is 25.1 Å². The molecule has 8 nitrogen and oxygen atoms in total. The van der Waals surface area contributed by atoms with E-state index in [4.69, 9.17) is 14.2 Å². The summed E-state index contributed by atoms with van der Waals surface area (Å²) in [6.07, 6.45) is 0. The molecule has 5 rings (SSSR count). The van der Waals surface area contributed by atoms with E-state index in [1.54, 1.807) is 49.6 Å². The van der Waals surface area contributed by atoms with Gasteiger partial charge in [-0.3, -0.25) is 14.5 Å². The molecule has 1 amide bonds. The summed E-state index contributed by atoms with van der Waals surface area (Å²) >= 11 is 1.31. The molecule has 1 aliphatic heterocycles. The van der Waals surface area contributed by atoms with Crippen LogP contribution in [0.2, 0.25) is 0 Å². The van der Waals surface area contributed by atoms with Gasteiger partial charge in [-0.1, -0.05) is 29.5 Å². The molecule has 0 aliphatic carbocycles. The van der Waals surface area contributed by atoms with Crippen molar-refractivity contribution in [2.75, 3.05) is 26.2 Å². The van der Waals surface area contributed by atoms with Gasteiger partial charge in [0.15, 0.2) is 5.13 Å². The Balaban J connectivity index is 1.73. The number of anilines is 1. The van der Waals surface area contributed by atoms with E-state index >= 15 is 0 Å². The summed E-state index contributed by atoms with van der Waals surface area (Å²) in [5, 5.41) is 11.8. The van der Waals surface area contributed by atoms with E-state index in [1.165, 1.54) is 30.5 Å². The zero-order valence-electron chi connectivity index (χ0n) is 20.6. The summed E-state index contributed by atoms with van der Waals surface area (Å²) in [7, 11) is 4.53. The highest BCUT2D eigenvalue weighted by Crippen LogP contribution is 2.45. The number of hydrogen-bond donors (Lipinski definition) is 1. The van der Waals surface area contributed by atoms with Gasteiger partial charge in [0.1, 0.15) is 23.0 Å². The van der Waals surface area contributed by atoms with E-state index in [2.05, 4.69) is 4.98 Å². The van der Waals surface area contributed by atoms with Crippen molar-refractivity contribution in [3.05, 3.63) is 82.9 Å². The van der Waals surface area contributed by atoms with Gasteiger partial charge in [-0.15, -0.1) is 0 Å². The number of benzene rings is 3. The molecule has 0 radical (unpaired) electrons. The predicted molar refractivity (Wildman–Crippen MR) is 142 cm³/mol. The molecule has 1 unspecified atom stereocenters. The van der Waals surface area contributed by atoms with Crippen LogP contribution in [-0.2, 0) is 9.59 Å². The zero-order valence-corrected chi connectivity index (χ0v) is 21.5. The van der Waals surface area contributed by atoms with E-state index in [0.717, 1.165) is 15.8 Å². The quantitative estimate of drug-likeness (QED) is 0.212. The lowest BCUT2D eigenvalue weighted by Gasteiger charge is -2.23. The van der Waals surface area contributed by atoms with Crippen LogP contribution in [0.3, 0.4) is 0 Å². The van der Waals surface area contributed by atoms with Gasteiger partial charge in [-0.25, -0.2) is 4.98 Å². The van der Waals surface area contributed by atoms with E-state index < -0.39 is 17.7 Å². The average Bonchev–Trinajstić information content (AvgIpc) is 3.45. The SMILES string of the molecule is COc1ccc(C2/C(=C(\O)c3ccc(OC)cc3OC)C(=O)C(=O)N2c2nc3ccc(C)cc3s2)cc1. The summed E-state index contributed by atoms with van der Waals surface area (Å²) in [4.78, 5) is 33.0. The molecule has 1 atom stereocenters. The van der Waals surface area contributed by atoms with Crippen LogP contribution in [-0.4, -0.2) is 43.1 Å². The molecule has 37 heavy (non-hydrogen) atoms. The van der Waals surface area contributed by atoms with Gasteiger partial charge in [0.05, 0.1) is 48.7 Å². The highest BCUT2D eigenvalue weighted by Gasteiger charge is 2.48. The number of aliphatic hydroxyl groups is 1. The molecule has 1 fully saturated rings. The zero-order chi connectivity index (χ0) is 26.3. The Morgan fingerprint density at radius 1 is 0.919 bits per heavy atom. The number of ketones is 1. The Hall–Kier alpha value is -4.37. The fraction of sp³-hybridized carbons (Fsp3) is 0.179. The number of aryl methyl sites for hydroxylation is 1. The summed E-state index contributed by atoms with van der Waals surface area (Å²) in [5.41, 5.74) is 2.60. The minimum Gasteiger partial charge on any atom is -0.507 e. The number of methoxy groups -OCH3 is 3. The molecule has 1 aromatic heterocycles. The van der Waals surface area contributed by atoms with Crippen molar-refractivity contribution in [3.63, 3.8) is 0 Å². The van der Waals surface area contributed by atoms with Gasteiger partial charge >= 0.3 is 5.91 Å². The first-order chi connectivity index (χ1) is 17.9. The lowest BCUT2D eigenvalue weighted by Crippen LogP contribution is -2.29. The number of Topliss-reactive ketones (excluding diaryl/α,β-unsaturated/α-hetero) is 1. The fourth-order valence-corrected chi connectivity index (χ4v) is 5.48. The van der Waals surface area contributed by atoms with Gasteiger partial charge in [-0.2, -0.15) is 0 Å². The number of fused-ring (bicyclic) bond motifs is 1. The second-order valence-corrected chi connectivity index (χ2v) is 9.49. The lowest BCUT2D eigenvalue weighted by atomic mass is 9.95. The first-order valence-electron chi connectivity index (χ1n) is 11.4. The summed E-state index contributed by atoms with van der Waals surface area (Å²) in [5.74, 6) is -0.499. The average molecular weight is 517 g/mol. The van der Waals surface area contributed by atoms with Crippen LogP contribution in [0.15, 0.2) is 66.2 Å². The standard InChI is InChI=1S/C28H24N2O6S/c1-15-5-12-20-22(13-15)37-28(29-20)30-24(16-6-8-17(34-2)9-7-16)23(26(32)27(30)33)25(31)19-11-10-18(35-3)14-21(19)36-4/h5-14,24,31H,1-4H3/b25-23+. The van der Waals surface area contributed by atoms with Crippen LogP contribution in [0.1, 0.15) is 22.7 Å². The molecule has 4 aromatic rings. The Morgan fingerprint density at radius 3 is 2.30 bits per heavy atom. The van der Waals surface area contributed by atoms with Crippen molar-refractivity contribution in [1.82, 2.24) is 4.98 Å². The number of ether oxygens (including phenoxy) is 3. The third kappa shape index (κ3) is 4.17. The molecule has 188 valence electrons. The van der Waals surface area contributed by atoms with Crippen molar-refractivity contribution < 1.29 is 28.9 Å². The summed E-state index contributed by atoms with van der Waals surface area (Å²) < 4.78 is 16.9. The third-order valence-corrected chi connectivity index (χ3v) is 7.30. The number of carbonyl (C=O) groups is 2. The first kappa shape index (κ1) is 24.3. The van der Waals surface area contributed by atoms with Gasteiger partial charge in [0.2, 0.25) is 0 Å². The van der Waals surface area contributed by atoms with E-state index in [9.17, 15) is 14.7 Å². The number of thiazole rings is 1. The molecule has 0 saturated carbocycles. The fourth-order valence-electron chi connectivity index (χ4n) is 4.39. The number of nitrogens with zero attached hydrogens (tertiary/aromatic N) is 2. The van der Waals surface area contributed by atoms with Crippen molar-refractivity contribution in [2.45, 2.75) is 13.0 Å². The predicted octanol–water partition coefficient (Wildman–Crippen LogP) is 5.26. The summed E-state index contributed by atoms with van der Waals surface area (Å²) in [6.45, 7) is 1.98. The van der Waals surface area contributed by atoms with Crippen molar-refractivity contribution in [1.29, 1.82) is 0 Å². The van der Waals surface area contributed by atoms with Gasteiger partial charge in [0, 0.05) is 6.07 Å². The molecule has 3 aromatic carbocycles. The van der Waals surface area contributed by atoms with Gasteiger partial charge < -0.3 is 19.3 Å².